The van der Waals surface area contributed by atoms with Crippen LogP contribution in [0.15, 0.2) is 24.5 Å². The summed E-state index contributed by atoms with van der Waals surface area (Å²) in [6.45, 7) is 0.876. The molecule has 0 spiro atoms. The number of halogens is 1. The highest BCUT2D eigenvalue weighted by Gasteiger charge is 2.40. The molecule has 13 heavy (non-hydrogen) atoms. The molecular formula is C10H13ClN2. The maximum absolute atomic E-state index is 5.84. The molecule has 1 aliphatic rings. The first-order valence-electron chi connectivity index (χ1n) is 4.55. The molecule has 0 atom stereocenters. The van der Waals surface area contributed by atoms with Crippen molar-refractivity contribution in [2.45, 2.75) is 24.9 Å². The fourth-order valence-corrected chi connectivity index (χ4v) is 1.66. The van der Waals surface area contributed by atoms with Crippen LogP contribution in [0.5, 0.6) is 0 Å². The van der Waals surface area contributed by atoms with Crippen molar-refractivity contribution in [2.75, 3.05) is 5.88 Å². The molecule has 1 fully saturated rings. The largest absolute Gasteiger partial charge is 0.306 e. The van der Waals surface area contributed by atoms with Crippen LogP contribution in [0.2, 0.25) is 0 Å². The van der Waals surface area contributed by atoms with E-state index in [1.165, 1.54) is 18.4 Å². The highest BCUT2D eigenvalue weighted by atomic mass is 35.5. The van der Waals surface area contributed by atoms with Crippen molar-refractivity contribution in [1.29, 1.82) is 0 Å². The lowest BCUT2D eigenvalue weighted by atomic mass is 10.2. The van der Waals surface area contributed by atoms with Crippen molar-refractivity contribution in [3.8, 4) is 0 Å². The van der Waals surface area contributed by atoms with Gasteiger partial charge in [0.2, 0.25) is 0 Å². The number of nitrogens with one attached hydrogen (secondary N) is 1. The second-order valence-corrected chi connectivity index (χ2v) is 3.90. The molecule has 1 aliphatic carbocycles. The number of hydrogen-bond acceptors (Lipinski definition) is 2. The fraction of sp³-hybridized carbons (Fsp3) is 0.500. The molecule has 0 unspecified atom stereocenters. The summed E-state index contributed by atoms with van der Waals surface area (Å²) in [5, 5.41) is 3.46. The van der Waals surface area contributed by atoms with Crippen LogP contribution in [0.3, 0.4) is 0 Å². The molecule has 1 aromatic heterocycles. The molecule has 0 bridgehead atoms. The molecular weight excluding hydrogens is 184 g/mol. The van der Waals surface area contributed by atoms with Crippen molar-refractivity contribution in [3.05, 3.63) is 30.1 Å². The molecule has 2 rings (SSSR count). The summed E-state index contributed by atoms with van der Waals surface area (Å²) in [5.74, 6) is 0.716. The van der Waals surface area contributed by atoms with Gasteiger partial charge in [-0.2, -0.15) is 0 Å². The van der Waals surface area contributed by atoms with Crippen LogP contribution in [-0.2, 0) is 6.54 Å². The summed E-state index contributed by atoms with van der Waals surface area (Å²) >= 11 is 5.84. The molecule has 3 heteroatoms. The first kappa shape index (κ1) is 8.97. The van der Waals surface area contributed by atoms with E-state index >= 15 is 0 Å². The van der Waals surface area contributed by atoms with Crippen LogP contribution in [0.25, 0.3) is 0 Å². The average molecular weight is 197 g/mol. The predicted octanol–water partition coefficient (Wildman–Crippen LogP) is 1.94. The maximum Gasteiger partial charge on any atom is 0.0406 e. The Morgan fingerprint density at radius 2 is 2.38 bits per heavy atom. The van der Waals surface area contributed by atoms with E-state index in [2.05, 4.69) is 16.4 Å². The van der Waals surface area contributed by atoms with E-state index in [1.54, 1.807) is 6.20 Å². The normalized spacial score (nSPS) is 18.5. The Labute approximate surface area is 83.3 Å². The number of alkyl halides is 1. The molecule has 0 aromatic carbocycles. The molecule has 1 aromatic rings. The predicted molar refractivity (Wildman–Crippen MR) is 53.8 cm³/mol. The molecule has 0 radical (unpaired) electrons. The quantitative estimate of drug-likeness (QED) is 0.745. The Bertz CT molecular complexity index is 270. The zero-order valence-electron chi connectivity index (χ0n) is 7.46. The van der Waals surface area contributed by atoms with E-state index in [9.17, 15) is 0 Å². The van der Waals surface area contributed by atoms with Crippen LogP contribution in [0.1, 0.15) is 18.4 Å². The lowest BCUT2D eigenvalue weighted by molar-refractivity contribution is 0.542. The molecule has 0 saturated heterocycles. The summed E-state index contributed by atoms with van der Waals surface area (Å²) in [6.07, 6.45) is 6.09. The van der Waals surface area contributed by atoms with Crippen LogP contribution in [-0.4, -0.2) is 16.4 Å². The summed E-state index contributed by atoms with van der Waals surface area (Å²) in [4.78, 5) is 4.06. The van der Waals surface area contributed by atoms with Crippen molar-refractivity contribution in [2.24, 2.45) is 0 Å². The van der Waals surface area contributed by atoms with Gasteiger partial charge in [0.1, 0.15) is 0 Å². The topological polar surface area (TPSA) is 24.9 Å². The van der Waals surface area contributed by atoms with Gasteiger partial charge in [0.15, 0.2) is 0 Å². The van der Waals surface area contributed by atoms with Gasteiger partial charge in [0.05, 0.1) is 0 Å². The van der Waals surface area contributed by atoms with Gasteiger partial charge >= 0.3 is 0 Å². The van der Waals surface area contributed by atoms with Crippen molar-refractivity contribution in [3.63, 3.8) is 0 Å². The molecule has 1 heterocycles. The molecule has 70 valence electrons. The van der Waals surface area contributed by atoms with Gasteiger partial charge in [-0.3, -0.25) is 4.98 Å². The number of nitrogens with zero attached hydrogens (tertiary/aromatic N) is 1. The van der Waals surface area contributed by atoms with E-state index in [0.29, 0.717) is 5.88 Å². The SMILES string of the molecule is ClCC1(NCc2cccnc2)CC1. The third-order valence-electron chi connectivity index (χ3n) is 2.50. The maximum atomic E-state index is 5.84. The summed E-state index contributed by atoms with van der Waals surface area (Å²) in [7, 11) is 0. The summed E-state index contributed by atoms with van der Waals surface area (Å²) in [5.41, 5.74) is 1.45. The third kappa shape index (κ3) is 2.20. The smallest absolute Gasteiger partial charge is 0.0406 e. The van der Waals surface area contributed by atoms with Crippen LogP contribution < -0.4 is 5.32 Å². The molecule has 0 aliphatic heterocycles. The minimum atomic E-state index is 0.234. The number of rotatable bonds is 4. The van der Waals surface area contributed by atoms with Crippen molar-refractivity contribution in [1.82, 2.24) is 10.3 Å². The fourth-order valence-electron chi connectivity index (χ4n) is 1.30. The second kappa shape index (κ2) is 3.64. The lowest BCUT2D eigenvalue weighted by Gasteiger charge is -2.13. The lowest BCUT2D eigenvalue weighted by Crippen LogP contribution is -2.32. The van der Waals surface area contributed by atoms with E-state index in [1.807, 2.05) is 12.3 Å². The first-order chi connectivity index (χ1) is 6.35. The third-order valence-corrected chi connectivity index (χ3v) is 3.01. The standard InChI is InChI=1S/C10H13ClN2/c11-8-10(3-4-10)13-7-9-2-1-5-12-6-9/h1-2,5-6,13H,3-4,7-8H2. The van der Waals surface area contributed by atoms with Gasteiger partial charge in [-0.1, -0.05) is 6.07 Å². The van der Waals surface area contributed by atoms with Crippen molar-refractivity contribution < 1.29 is 0 Å². The Hall–Kier alpha value is -0.600. The number of hydrogen-bond donors (Lipinski definition) is 1. The van der Waals surface area contributed by atoms with Gasteiger partial charge in [0.25, 0.3) is 0 Å². The summed E-state index contributed by atoms with van der Waals surface area (Å²) in [6, 6.07) is 4.03. The first-order valence-corrected chi connectivity index (χ1v) is 5.08. The van der Waals surface area contributed by atoms with E-state index in [0.717, 1.165) is 6.54 Å². The van der Waals surface area contributed by atoms with E-state index in [4.69, 9.17) is 11.6 Å². The Morgan fingerprint density at radius 1 is 1.54 bits per heavy atom. The second-order valence-electron chi connectivity index (χ2n) is 3.63. The molecule has 0 amide bonds. The van der Waals surface area contributed by atoms with E-state index in [-0.39, 0.29) is 5.54 Å². The van der Waals surface area contributed by atoms with Gasteiger partial charge in [-0.25, -0.2) is 0 Å². The monoisotopic (exact) mass is 196 g/mol. The number of pyridine rings is 1. The Morgan fingerprint density at radius 3 is 2.92 bits per heavy atom. The van der Waals surface area contributed by atoms with Crippen LogP contribution >= 0.6 is 11.6 Å². The van der Waals surface area contributed by atoms with Gasteiger partial charge < -0.3 is 5.32 Å². The highest BCUT2D eigenvalue weighted by Crippen LogP contribution is 2.36. The molecule has 2 nitrogen and oxygen atoms in total. The zero-order valence-corrected chi connectivity index (χ0v) is 8.22. The van der Waals surface area contributed by atoms with Crippen LogP contribution in [0, 0.1) is 0 Å². The van der Waals surface area contributed by atoms with Gasteiger partial charge in [-0.15, -0.1) is 11.6 Å². The minimum absolute atomic E-state index is 0.234. The molecule has 1 saturated carbocycles. The van der Waals surface area contributed by atoms with E-state index < -0.39 is 0 Å². The number of aromatic nitrogens is 1. The zero-order chi connectivity index (χ0) is 9.15. The average Bonchev–Trinajstić information content (AvgIpc) is 2.97. The van der Waals surface area contributed by atoms with Crippen molar-refractivity contribution >= 4 is 11.6 Å². The summed E-state index contributed by atoms with van der Waals surface area (Å²) < 4.78 is 0. The van der Waals surface area contributed by atoms with Crippen LogP contribution in [0.4, 0.5) is 0 Å². The highest BCUT2D eigenvalue weighted by molar-refractivity contribution is 6.18. The Balaban J connectivity index is 1.86. The van der Waals surface area contributed by atoms with Gasteiger partial charge in [0, 0.05) is 30.4 Å². The Kier molecular flexibility index (Phi) is 2.51. The molecule has 1 N–H and O–H groups in total. The van der Waals surface area contributed by atoms with Gasteiger partial charge in [-0.05, 0) is 24.5 Å². The minimum Gasteiger partial charge on any atom is -0.306 e.